The Balaban J connectivity index is 0.00000192. The Morgan fingerprint density at radius 2 is 1.87 bits per heavy atom. The van der Waals surface area contributed by atoms with Gasteiger partial charge in [-0.05, 0) is 11.6 Å². The highest BCUT2D eigenvalue weighted by Crippen LogP contribution is 2.45. The minimum Gasteiger partial charge on any atom is -0.454 e. The lowest BCUT2D eigenvalue weighted by atomic mass is 9.79. The molecule has 0 aliphatic carbocycles. The van der Waals surface area contributed by atoms with E-state index in [1.807, 2.05) is 12.1 Å². The molecular weight excluding hydrogens is 339 g/mol. The fourth-order valence-corrected chi connectivity index (χ4v) is 3.54. The molecule has 2 heterocycles. The van der Waals surface area contributed by atoms with Gasteiger partial charge in [-0.25, -0.2) is 0 Å². The molecule has 1 fully saturated rings. The summed E-state index contributed by atoms with van der Waals surface area (Å²) in [5, 5.41) is 13.9. The fourth-order valence-electron chi connectivity index (χ4n) is 3.28. The van der Waals surface area contributed by atoms with Crippen molar-refractivity contribution in [3.05, 3.63) is 22.7 Å². The van der Waals surface area contributed by atoms with Crippen molar-refractivity contribution in [2.45, 2.75) is 19.9 Å². The Morgan fingerprint density at radius 1 is 1.26 bits per heavy atom. The molecule has 0 saturated carbocycles. The minimum absolute atomic E-state index is 0. The summed E-state index contributed by atoms with van der Waals surface area (Å²) in [6.45, 7) is 8.21. The predicted octanol–water partition coefficient (Wildman–Crippen LogP) is 2.46. The molecule has 1 atom stereocenters. The van der Waals surface area contributed by atoms with Gasteiger partial charge in [0.2, 0.25) is 6.79 Å². The number of hydrogen-bond acceptors (Lipinski definition) is 5. The summed E-state index contributed by atoms with van der Waals surface area (Å²) in [5.74, 6) is 1.42. The van der Waals surface area contributed by atoms with Crippen molar-refractivity contribution in [2.75, 3.05) is 39.6 Å². The third kappa shape index (κ3) is 3.69. The molecule has 0 spiro atoms. The number of nitrogens with one attached hydrogen (secondary N) is 1. The van der Waals surface area contributed by atoms with Gasteiger partial charge in [-0.15, -0.1) is 12.4 Å². The molecule has 0 amide bonds. The molecule has 0 unspecified atom stereocenters. The number of fused-ring (bicyclic) bond motifs is 1. The molecule has 2 aliphatic heterocycles. The molecule has 23 heavy (non-hydrogen) atoms. The molecule has 7 heteroatoms. The molecule has 1 aromatic rings. The second kappa shape index (κ2) is 7.45. The number of hydrogen-bond donors (Lipinski definition) is 2. The van der Waals surface area contributed by atoms with Crippen LogP contribution < -0.4 is 14.8 Å². The summed E-state index contributed by atoms with van der Waals surface area (Å²) < 4.78 is 10.9. The van der Waals surface area contributed by atoms with Crippen LogP contribution in [-0.4, -0.2) is 49.6 Å². The van der Waals surface area contributed by atoms with E-state index in [0.29, 0.717) is 10.8 Å². The van der Waals surface area contributed by atoms with Crippen molar-refractivity contribution in [1.29, 1.82) is 0 Å². The summed E-state index contributed by atoms with van der Waals surface area (Å²) in [6, 6.07) is 3.82. The van der Waals surface area contributed by atoms with Crippen molar-refractivity contribution in [2.24, 2.45) is 5.41 Å². The van der Waals surface area contributed by atoms with Crippen LogP contribution in [0.3, 0.4) is 0 Å². The number of ether oxygens (including phenoxy) is 2. The van der Waals surface area contributed by atoms with Gasteiger partial charge < -0.3 is 19.9 Å². The van der Waals surface area contributed by atoms with Crippen LogP contribution in [-0.2, 0) is 0 Å². The summed E-state index contributed by atoms with van der Waals surface area (Å²) >= 11 is 6.53. The van der Waals surface area contributed by atoms with Crippen LogP contribution in [0.15, 0.2) is 12.1 Å². The monoisotopic (exact) mass is 362 g/mol. The highest BCUT2D eigenvalue weighted by atomic mass is 35.5. The molecule has 0 aromatic heterocycles. The van der Waals surface area contributed by atoms with Crippen molar-refractivity contribution < 1.29 is 14.6 Å². The predicted molar refractivity (Wildman–Crippen MR) is 92.9 cm³/mol. The van der Waals surface area contributed by atoms with Crippen LogP contribution in [0, 0.1) is 5.41 Å². The van der Waals surface area contributed by atoms with Gasteiger partial charge in [-0.1, -0.05) is 25.4 Å². The van der Waals surface area contributed by atoms with Crippen molar-refractivity contribution in [1.82, 2.24) is 10.2 Å². The number of aliphatic hydroxyl groups excluding tert-OH is 1. The van der Waals surface area contributed by atoms with Gasteiger partial charge in [-0.2, -0.15) is 0 Å². The van der Waals surface area contributed by atoms with E-state index in [0.717, 1.165) is 37.5 Å². The number of piperazine rings is 1. The molecular formula is C16H24Cl2N2O3. The molecule has 130 valence electrons. The Labute approximate surface area is 148 Å². The number of rotatable bonds is 4. The number of nitrogens with zero attached hydrogens (tertiary/aromatic N) is 1. The molecule has 3 rings (SSSR count). The lowest BCUT2D eigenvalue weighted by molar-refractivity contribution is 0.0305. The Kier molecular flexibility index (Phi) is 6.03. The first kappa shape index (κ1) is 18.6. The quantitative estimate of drug-likeness (QED) is 0.861. The van der Waals surface area contributed by atoms with E-state index in [-0.39, 0.29) is 37.3 Å². The van der Waals surface area contributed by atoms with Gasteiger partial charge in [0.25, 0.3) is 0 Å². The summed E-state index contributed by atoms with van der Waals surface area (Å²) in [4.78, 5) is 2.39. The van der Waals surface area contributed by atoms with Crippen molar-refractivity contribution >= 4 is 24.0 Å². The zero-order valence-corrected chi connectivity index (χ0v) is 15.0. The summed E-state index contributed by atoms with van der Waals surface area (Å²) in [7, 11) is 0. The zero-order chi connectivity index (χ0) is 15.7. The van der Waals surface area contributed by atoms with Gasteiger partial charge in [0, 0.05) is 55.3 Å². The van der Waals surface area contributed by atoms with E-state index in [4.69, 9.17) is 21.1 Å². The molecule has 0 radical (unpaired) electrons. The van der Waals surface area contributed by atoms with E-state index in [2.05, 4.69) is 24.1 Å². The SMILES string of the molecule is CC(C)(CO)[C@H](c1cc2c(cc1Cl)OCO2)N1CCNCC1.Cl. The van der Waals surface area contributed by atoms with Crippen LogP contribution in [0.1, 0.15) is 25.5 Å². The van der Waals surface area contributed by atoms with Crippen LogP contribution in [0.25, 0.3) is 0 Å². The number of halogens is 2. The number of benzene rings is 1. The summed E-state index contributed by atoms with van der Waals surface area (Å²) in [6.07, 6.45) is 0. The largest absolute Gasteiger partial charge is 0.454 e. The topological polar surface area (TPSA) is 54.0 Å². The minimum atomic E-state index is -0.311. The van der Waals surface area contributed by atoms with Gasteiger partial charge in [0.1, 0.15) is 0 Å². The van der Waals surface area contributed by atoms with E-state index in [1.54, 1.807) is 0 Å². The van der Waals surface area contributed by atoms with E-state index >= 15 is 0 Å². The van der Waals surface area contributed by atoms with Crippen molar-refractivity contribution in [3.63, 3.8) is 0 Å². The Bertz CT molecular complexity index is 548. The van der Waals surface area contributed by atoms with Gasteiger partial charge >= 0.3 is 0 Å². The summed E-state index contributed by atoms with van der Waals surface area (Å²) in [5.41, 5.74) is 0.682. The van der Waals surface area contributed by atoms with Gasteiger partial charge in [0.05, 0.1) is 0 Å². The molecule has 0 bridgehead atoms. The van der Waals surface area contributed by atoms with Crippen molar-refractivity contribution in [3.8, 4) is 11.5 Å². The molecule has 5 nitrogen and oxygen atoms in total. The average Bonchev–Trinajstić information content (AvgIpc) is 2.95. The molecule has 2 aliphatic rings. The van der Waals surface area contributed by atoms with Gasteiger partial charge in [-0.3, -0.25) is 4.90 Å². The average molecular weight is 363 g/mol. The normalized spacial score (nSPS) is 19.3. The molecule has 2 N–H and O–H groups in total. The Hall–Kier alpha value is -0.720. The first-order valence-corrected chi connectivity index (χ1v) is 8.05. The third-order valence-corrected chi connectivity index (χ3v) is 4.78. The van der Waals surface area contributed by atoms with Crippen LogP contribution in [0.4, 0.5) is 0 Å². The van der Waals surface area contributed by atoms with E-state index < -0.39 is 0 Å². The maximum Gasteiger partial charge on any atom is 0.231 e. The maximum atomic E-state index is 9.90. The first-order chi connectivity index (χ1) is 10.5. The Morgan fingerprint density at radius 3 is 2.48 bits per heavy atom. The molecule has 1 saturated heterocycles. The van der Waals surface area contributed by atoms with E-state index in [1.165, 1.54) is 0 Å². The van der Waals surface area contributed by atoms with Crippen LogP contribution in [0.5, 0.6) is 11.5 Å². The molecule has 1 aromatic carbocycles. The lowest BCUT2D eigenvalue weighted by Crippen LogP contribution is -2.49. The smallest absolute Gasteiger partial charge is 0.231 e. The van der Waals surface area contributed by atoms with Crippen LogP contribution >= 0.6 is 24.0 Å². The third-order valence-electron chi connectivity index (χ3n) is 4.45. The highest BCUT2D eigenvalue weighted by molar-refractivity contribution is 6.31. The second-order valence-corrected chi connectivity index (χ2v) is 6.97. The fraction of sp³-hybridized carbons (Fsp3) is 0.625. The number of aliphatic hydroxyl groups is 1. The highest BCUT2D eigenvalue weighted by Gasteiger charge is 2.37. The second-order valence-electron chi connectivity index (χ2n) is 6.56. The van der Waals surface area contributed by atoms with Crippen LogP contribution in [0.2, 0.25) is 5.02 Å². The first-order valence-electron chi connectivity index (χ1n) is 7.67. The van der Waals surface area contributed by atoms with Gasteiger partial charge in [0.15, 0.2) is 11.5 Å². The lowest BCUT2D eigenvalue weighted by Gasteiger charge is -2.43. The van der Waals surface area contributed by atoms with E-state index in [9.17, 15) is 5.11 Å². The standard InChI is InChI=1S/C16H23ClN2O3.ClH/c1-16(2,9-20)15(19-5-3-18-4-6-19)11-7-13-14(8-12(11)17)22-10-21-13;/h7-8,15,18,20H,3-6,9-10H2,1-2H3;1H/t15-;/m0./s1. The zero-order valence-electron chi connectivity index (χ0n) is 13.5. The maximum absolute atomic E-state index is 9.90.